The van der Waals surface area contributed by atoms with Crippen LogP contribution in [0.15, 0.2) is 90.7 Å². The molecule has 4 aromatic rings. The van der Waals surface area contributed by atoms with Gasteiger partial charge in [-0.2, -0.15) is 10.1 Å². The van der Waals surface area contributed by atoms with Gasteiger partial charge in [-0.05, 0) is 49.2 Å². The van der Waals surface area contributed by atoms with Gasteiger partial charge in [-0.15, -0.1) is 0 Å². The highest BCUT2D eigenvalue weighted by Gasteiger charge is 2.34. The minimum atomic E-state index is -0.525. The van der Waals surface area contributed by atoms with Gasteiger partial charge in [0.2, 0.25) is 5.95 Å². The number of rotatable bonds is 8. The average molecular weight is 483 g/mol. The molecule has 0 spiro atoms. The van der Waals surface area contributed by atoms with Gasteiger partial charge in [0.25, 0.3) is 5.91 Å². The first kappa shape index (κ1) is 23.1. The molecule has 1 amide bonds. The molecular weight excluding hydrogens is 456 g/mol. The van der Waals surface area contributed by atoms with Crippen LogP contribution in [-0.2, 0) is 11.4 Å². The fourth-order valence-corrected chi connectivity index (χ4v) is 4.15. The van der Waals surface area contributed by atoms with E-state index >= 15 is 0 Å². The molecule has 2 N–H and O–H groups in total. The van der Waals surface area contributed by atoms with Crippen LogP contribution in [0.5, 0.6) is 11.5 Å². The molecule has 5 rings (SSSR count). The summed E-state index contributed by atoms with van der Waals surface area (Å²) in [5.74, 6) is 1.51. The Kier molecular flexibility index (Phi) is 6.61. The normalized spacial score (nSPS) is 14.6. The van der Waals surface area contributed by atoms with E-state index in [1.165, 1.54) is 6.33 Å². The number of aromatic nitrogens is 4. The van der Waals surface area contributed by atoms with Gasteiger partial charge in [0.1, 0.15) is 19.0 Å². The van der Waals surface area contributed by atoms with Crippen molar-refractivity contribution in [3.63, 3.8) is 0 Å². The van der Waals surface area contributed by atoms with Gasteiger partial charge in [0, 0.05) is 11.9 Å². The highest BCUT2D eigenvalue weighted by Crippen LogP contribution is 2.39. The monoisotopic (exact) mass is 482 g/mol. The van der Waals surface area contributed by atoms with Crippen LogP contribution in [-0.4, -0.2) is 32.3 Å². The van der Waals surface area contributed by atoms with Crippen LogP contribution in [0, 0.1) is 0 Å². The summed E-state index contributed by atoms with van der Waals surface area (Å²) in [7, 11) is 0. The number of benzene rings is 2. The molecule has 9 heteroatoms. The van der Waals surface area contributed by atoms with E-state index in [1.54, 1.807) is 29.2 Å². The fourth-order valence-electron chi connectivity index (χ4n) is 4.15. The highest BCUT2D eigenvalue weighted by molar-refractivity contribution is 6.05. The number of allylic oxidation sites excluding steroid dienone is 1. The van der Waals surface area contributed by atoms with Crippen molar-refractivity contribution < 1.29 is 14.3 Å². The van der Waals surface area contributed by atoms with Gasteiger partial charge >= 0.3 is 0 Å². The van der Waals surface area contributed by atoms with Crippen molar-refractivity contribution in [3.05, 3.63) is 102 Å². The maximum absolute atomic E-state index is 13.5. The van der Waals surface area contributed by atoms with Crippen molar-refractivity contribution in [3.8, 4) is 11.5 Å². The van der Waals surface area contributed by atoms with E-state index in [0.717, 1.165) is 11.1 Å². The highest BCUT2D eigenvalue weighted by atomic mass is 16.5. The van der Waals surface area contributed by atoms with E-state index in [-0.39, 0.29) is 5.91 Å². The largest absolute Gasteiger partial charge is 0.490 e. The number of carbonyl (C=O) groups is 1. The van der Waals surface area contributed by atoms with Crippen LogP contribution in [0.25, 0.3) is 0 Å². The second-order valence-corrected chi connectivity index (χ2v) is 8.20. The molecule has 3 heterocycles. The first-order chi connectivity index (χ1) is 17.6. The zero-order chi connectivity index (χ0) is 24.9. The zero-order valence-electron chi connectivity index (χ0n) is 20.0. The van der Waals surface area contributed by atoms with E-state index < -0.39 is 6.04 Å². The van der Waals surface area contributed by atoms with E-state index in [1.807, 2.05) is 62.4 Å². The molecule has 0 saturated carbocycles. The van der Waals surface area contributed by atoms with Crippen LogP contribution in [0.4, 0.5) is 11.6 Å². The van der Waals surface area contributed by atoms with Gasteiger partial charge in [-0.1, -0.05) is 36.4 Å². The van der Waals surface area contributed by atoms with Crippen LogP contribution in [0.1, 0.15) is 31.0 Å². The molecule has 36 heavy (non-hydrogen) atoms. The third-order valence-electron chi connectivity index (χ3n) is 5.78. The predicted molar refractivity (Wildman–Crippen MR) is 136 cm³/mol. The summed E-state index contributed by atoms with van der Waals surface area (Å²) in [6.45, 7) is 4.66. The number of fused-ring (bicyclic) bond motifs is 1. The number of amides is 1. The van der Waals surface area contributed by atoms with E-state index in [0.29, 0.717) is 47.6 Å². The van der Waals surface area contributed by atoms with Crippen LogP contribution >= 0.6 is 0 Å². The lowest BCUT2D eigenvalue weighted by molar-refractivity contribution is -0.113. The summed E-state index contributed by atoms with van der Waals surface area (Å²) in [6.07, 6.45) is 4.72. The minimum Gasteiger partial charge on any atom is -0.490 e. The van der Waals surface area contributed by atoms with Crippen LogP contribution in [0.3, 0.4) is 0 Å². The van der Waals surface area contributed by atoms with E-state index in [2.05, 4.69) is 25.7 Å². The number of anilines is 2. The molecule has 1 aliphatic rings. The number of hydrogen-bond acceptors (Lipinski definition) is 7. The van der Waals surface area contributed by atoms with Crippen molar-refractivity contribution in [2.45, 2.75) is 26.5 Å². The quantitative estimate of drug-likeness (QED) is 0.379. The standard InChI is InChI=1S/C27H26N6O3/c1-3-35-23-14-20(11-12-22(23)36-16-19-8-5-4-6-9-19)25-24(18(2)31-27-29-17-30-33(25)27)26(34)32-21-10-7-13-28-15-21/h4-15,17,25H,3,16H2,1-2H3,(H,32,34)(H,29,30,31)/t25-/m1/s1. The predicted octanol–water partition coefficient (Wildman–Crippen LogP) is 4.58. The number of ether oxygens (including phenoxy) is 2. The summed E-state index contributed by atoms with van der Waals surface area (Å²) in [6, 6.07) is 18.7. The van der Waals surface area contributed by atoms with Crippen molar-refractivity contribution in [1.82, 2.24) is 19.7 Å². The van der Waals surface area contributed by atoms with Crippen LogP contribution < -0.4 is 20.1 Å². The Bertz CT molecular complexity index is 1390. The lowest BCUT2D eigenvalue weighted by Crippen LogP contribution is -2.31. The Balaban J connectivity index is 1.50. The lowest BCUT2D eigenvalue weighted by Gasteiger charge is -2.29. The second kappa shape index (κ2) is 10.3. The lowest BCUT2D eigenvalue weighted by atomic mass is 9.94. The number of carbonyl (C=O) groups excluding carboxylic acids is 1. The molecule has 1 atom stereocenters. The molecule has 0 unspecified atom stereocenters. The SMILES string of the molecule is CCOc1cc([C@@H]2C(C(=O)Nc3cccnc3)=C(C)Nc3ncnn32)ccc1OCc1ccccc1. The molecule has 0 fully saturated rings. The molecule has 2 aromatic carbocycles. The number of pyridine rings is 1. The van der Waals surface area contributed by atoms with Gasteiger partial charge < -0.3 is 20.1 Å². The molecule has 0 saturated heterocycles. The zero-order valence-corrected chi connectivity index (χ0v) is 20.0. The van der Waals surface area contributed by atoms with Crippen molar-refractivity contribution in [2.75, 3.05) is 17.2 Å². The maximum Gasteiger partial charge on any atom is 0.255 e. The Morgan fingerprint density at radius 2 is 1.94 bits per heavy atom. The first-order valence-corrected chi connectivity index (χ1v) is 11.7. The van der Waals surface area contributed by atoms with Gasteiger partial charge in [0.15, 0.2) is 11.5 Å². The van der Waals surface area contributed by atoms with Crippen LogP contribution in [0.2, 0.25) is 0 Å². The summed E-state index contributed by atoms with van der Waals surface area (Å²) in [5, 5.41) is 10.5. The number of hydrogen-bond donors (Lipinski definition) is 2. The molecular formula is C27H26N6O3. The Morgan fingerprint density at radius 1 is 1.08 bits per heavy atom. The molecule has 182 valence electrons. The number of nitrogens with zero attached hydrogens (tertiary/aromatic N) is 4. The molecule has 2 aromatic heterocycles. The molecule has 0 radical (unpaired) electrons. The smallest absolute Gasteiger partial charge is 0.255 e. The summed E-state index contributed by atoms with van der Waals surface area (Å²) in [4.78, 5) is 21.9. The Labute approximate surface area is 208 Å². The van der Waals surface area contributed by atoms with E-state index in [4.69, 9.17) is 9.47 Å². The average Bonchev–Trinajstić information content (AvgIpc) is 3.36. The second-order valence-electron chi connectivity index (χ2n) is 8.20. The Hall–Kier alpha value is -4.66. The molecule has 1 aliphatic heterocycles. The molecule has 9 nitrogen and oxygen atoms in total. The topological polar surface area (TPSA) is 103 Å². The first-order valence-electron chi connectivity index (χ1n) is 11.7. The summed E-state index contributed by atoms with van der Waals surface area (Å²) >= 11 is 0. The van der Waals surface area contributed by atoms with Crippen molar-refractivity contribution in [2.24, 2.45) is 0 Å². The molecule has 0 aliphatic carbocycles. The fraction of sp³-hybridized carbons (Fsp3) is 0.185. The van der Waals surface area contributed by atoms with Gasteiger partial charge in [0.05, 0.1) is 24.1 Å². The van der Waals surface area contributed by atoms with Gasteiger partial charge in [-0.3, -0.25) is 9.78 Å². The maximum atomic E-state index is 13.5. The molecule has 0 bridgehead atoms. The minimum absolute atomic E-state index is 0.262. The summed E-state index contributed by atoms with van der Waals surface area (Å²) < 4.78 is 13.7. The number of nitrogens with one attached hydrogen (secondary N) is 2. The summed E-state index contributed by atoms with van der Waals surface area (Å²) in [5.41, 5.74) is 3.67. The van der Waals surface area contributed by atoms with Crippen molar-refractivity contribution >= 4 is 17.5 Å². The van der Waals surface area contributed by atoms with Gasteiger partial charge in [-0.25, -0.2) is 4.68 Å². The third kappa shape index (κ3) is 4.76. The van der Waals surface area contributed by atoms with E-state index in [9.17, 15) is 4.79 Å². The Morgan fingerprint density at radius 3 is 2.72 bits per heavy atom. The third-order valence-corrected chi connectivity index (χ3v) is 5.78. The van der Waals surface area contributed by atoms with Crippen molar-refractivity contribution in [1.29, 1.82) is 0 Å².